The van der Waals surface area contributed by atoms with Gasteiger partial charge in [-0.25, -0.2) is 0 Å². The molecule has 1 nitrogen and oxygen atoms in total. The molecule has 0 aromatic carbocycles. The van der Waals surface area contributed by atoms with Crippen molar-refractivity contribution in [3.8, 4) is 0 Å². The van der Waals surface area contributed by atoms with Crippen LogP contribution in [0, 0.1) is 0 Å². The van der Waals surface area contributed by atoms with Crippen LogP contribution in [-0.2, 0) is 0 Å². The Bertz CT molecular complexity index is 82.1. The summed E-state index contributed by atoms with van der Waals surface area (Å²) < 4.78 is 2.11. The third kappa shape index (κ3) is 3.02. The van der Waals surface area contributed by atoms with E-state index in [4.69, 9.17) is 0 Å². The standard InChI is InChI=1S/C5H11IN/c1-4-5(2)7(3)6/h4H2,1-3H3/b7-5-. The summed E-state index contributed by atoms with van der Waals surface area (Å²) in [6, 6.07) is 0. The van der Waals surface area contributed by atoms with Gasteiger partial charge in [0.05, 0.1) is 0 Å². The summed E-state index contributed by atoms with van der Waals surface area (Å²) in [6.45, 7) is 4.29. The van der Waals surface area contributed by atoms with E-state index in [1.54, 1.807) is 0 Å². The van der Waals surface area contributed by atoms with Gasteiger partial charge in [-0.1, -0.05) is 6.92 Å². The molecule has 0 aromatic heterocycles. The first kappa shape index (κ1) is 7.40. The second-order valence-electron chi connectivity index (χ2n) is 1.57. The number of rotatable bonds is 1. The van der Waals surface area contributed by atoms with Crippen molar-refractivity contribution in [1.29, 1.82) is 0 Å². The summed E-state index contributed by atoms with van der Waals surface area (Å²) in [5.41, 5.74) is 1.42. The molecule has 0 unspecified atom stereocenters. The third-order valence-electron chi connectivity index (χ3n) is 1.04. The minimum absolute atomic E-state index is 1.15. The number of nitrogens with zero attached hydrogens (tertiary/aromatic N) is 1. The van der Waals surface area contributed by atoms with Gasteiger partial charge in [0.2, 0.25) is 0 Å². The third-order valence-corrected chi connectivity index (χ3v) is 1.86. The largest absolute Gasteiger partial charge is 0.378 e. The predicted octanol–water partition coefficient (Wildman–Crippen LogP) is -2.03. The van der Waals surface area contributed by atoms with Gasteiger partial charge in [0, 0.05) is 13.3 Å². The van der Waals surface area contributed by atoms with Crippen LogP contribution in [0.25, 0.3) is 0 Å². The van der Waals surface area contributed by atoms with Crippen molar-refractivity contribution in [3.63, 3.8) is 0 Å². The van der Waals surface area contributed by atoms with Gasteiger partial charge < -0.3 is 25.7 Å². The van der Waals surface area contributed by atoms with E-state index in [1.165, 1.54) is 5.71 Å². The lowest BCUT2D eigenvalue weighted by molar-refractivity contribution is -1.05. The highest BCUT2D eigenvalue weighted by molar-refractivity contribution is 5.76. The van der Waals surface area contributed by atoms with Gasteiger partial charge in [-0.2, -0.15) is 0 Å². The Morgan fingerprint density at radius 1 is 1.71 bits per heavy atom. The van der Waals surface area contributed by atoms with Crippen molar-refractivity contribution >= 4 is 5.71 Å². The fourth-order valence-electron chi connectivity index (χ4n) is 0.218. The first-order valence-corrected chi connectivity index (χ1v) is 3.37. The van der Waals surface area contributed by atoms with Crippen molar-refractivity contribution in [2.75, 3.05) is 7.05 Å². The molecule has 0 aromatic rings. The molecule has 7 heavy (non-hydrogen) atoms. The van der Waals surface area contributed by atoms with Crippen LogP contribution in [-0.4, -0.2) is 15.5 Å². The molecule has 0 spiro atoms. The quantitative estimate of drug-likeness (QED) is 0.268. The Kier molecular flexibility index (Phi) is 3.60. The molecule has 0 aliphatic rings. The molecule has 0 bridgehead atoms. The molecular weight excluding hydrogens is 201 g/mol. The van der Waals surface area contributed by atoms with E-state index in [1.807, 2.05) is 0 Å². The van der Waals surface area contributed by atoms with Crippen LogP contribution in [0.2, 0.25) is 0 Å². The summed E-state index contributed by atoms with van der Waals surface area (Å²) in [7, 11) is 2.05. The lowest BCUT2D eigenvalue weighted by atomic mass is 10.3. The summed E-state index contributed by atoms with van der Waals surface area (Å²) in [5.74, 6) is 0. The lowest BCUT2D eigenvalue weighted by Crippen LogP contribution is -3.39. The van der Waals surface area contributed by atoms with Crippen LogP contribution in [0.1, 0.15) is 20.3 Å². The normalized spacial score (nSPS) is 13.7. The first-order chi connectivity index (χ1) is 3.18. The van der Waals surface area contributed by atoms with Gasteiger partial charge in [-0.05, 0) is 0 Å². The zero-order valence-electron chi connectivity index (χ0n) is 5.03. The van der Waals surface area contributed by atoms with Gasteiger partial charge in [-0.15, -0.1) is 0 Å². The van der Waals surface area contributed by atoms with E-state index in [-0.39, 0.29) is 0 Å². The second-order valence-corrected chi connectivity index (χ2v) is 3.01. The van der Waals surface area contributed by atoms with Gasteiger partial charge in [0.1, 0.15) is 12.8 Å². The molecule has 1 radical (unpaired) electrons. The zero-order chi connectivity index (χ0) is 5.86. The van der Waals surface area contributed by atoms with Crippen LogP contribution in [0.3, 0.4) is 0 Å². The molecule has 0 aliphatic heterocycles. The molecular formula is C5H11IN. The zero-order valence-corrected chi connectivity index (χ0v) is 7.19. The minimum atomic E-state index is 1.15. The van der Waals surface area contributed by atoms with Crippen molar-refractivity contribution in [2.24, 2.45) is 0 Å². The topological polar surface area (TPSA) is 3.01 Å². The minimum Gasteiger partial charge on any atom is -0.378 e. The van der Waals surface area contributed by atoms with Crippen molar-refractivity contribution in [2.45, 2.75) is 20.3 Å². The molecule has 0 rings (SSSR count). The fraction of sp³-hybridized carbons (Fsp3) is 0.800. The Balaban J connectivity index is 3.72. The monoisotopic (exact) mass is 212 g/mol. The maximum Gasteiger partial charge on any atom is 0.124 e. The number of hydrogen-bond acceptors (Lipinski definition) is 0. The molecule has 0 saturated carbocycles. The summed E-state index contributed by atoms with van der Waals surface area (Å²) in [6.07, 6.45) is 1.15. The second kappa shape index (κ2) is 3.41. The molecule has 2 heteroatoms. The molecule has 0 fully saturated rings. The highest BCUT2D eigenvalue weighted by Gasteiger charge is 1.85. The van der Waals surface area contributed by atoms with Crippen LogP contribution < -0.4 is 22.9 Å². The van der Waals surface area contributed by atoms with Gasteiger partial charge in [0.25, 0.3) is 0 Å². The van der Waals surface area contributed by atoms with Gasteiger partial charge in [0.15, 0.2) is 0 Å². The Labute approximate surface area is 58.9 Å². The number of hydrogen-bond donors (Lipinski definition) is 0. The van der Waals surface area contributed by atoms with Crippen LogP contribution >= 0.6 is 0 Å². The maximum absolute atomic E-state index is 2.26. The van der Waals surface area contributed by atoms with E-state index in [0.717, 1.165) is 6.42 Å². The van der Waals surface area contributed by atoms with Crippen molar-refractivity contribution in [1.82, 2.24) is 0 Å². The SMILES string of the molecule is CC/C(C)=[N+](/C)[I-]. The molecule has 43 valence electrons. The highest BCUT2D eigenvalue weighted by Crippen LogP contribution is 1.75. The molecule has 0 atom stereocenters. The summed E-state index contributed by atoms with van der Waals surface area (Å²) >= 11 is 2.26. The van der Waals surface area contributed by atoms with E-state index in [9.17, 15) is 0 Å². The van der Waals surface area contributed by atoms with E-state index in [2.05, 4.69) is 46.5 Å². The summed E-state index contributed by atoms with van der Waals surface area (Å²) in [5, 5.41) is 0. The highest BCUT2D eigenvalue weighted by atomic mass is 127. The average molecular weight is 212 g/mol. The smallest absolute Gasteiger partial charge is 0.124 e. The molecule has 0 saturated heterocycles. The number of halogens is 1. The lowest BCUT2D eigenvalue weighted by Gasteiger charge is -1.99. The van der Waals surface area contributed by atoms with Gasteiger partial charge >= 0.3 is 0 Å². The van der Waals surface area contributed by atoms with E-state index < -0.39 is 0 Å². The van der Waals surface area contributed by atoms with Crippen molar-refractivity contribution in [3.05, 3.63) is 0 Å². The molecule has 0 heterocycles. The Morgan fingerprint density at radius 2 is 2.14 bits per heavy atom. The van der Waals surface area contributed by atoms with Crippen molar-refractivity contribution < 1.29 is 25.7 Å². The molecule has 0 N–H and O–H groups in total. The maximum atomic E-state index is 2.26. The molecule has 0 amide bonds. The molecule has 0 aliphatic carbocycles. The van der Waals surface area contributed by atoms with Gasteiger partial charge in [-0.3, -0.25) is 0 Å². The Hall–Kier alpha value is 0.400. The van der Waals surface area contributed by atoms with Crippen LogP contribution in [0.4, 0.5) is 0 Å². The van der Waals surface area contributed by atoms with E-state index >= 15 is 0 Å². The Morgan fingerprint density at radius 3 is 2.14 bits per heavy atom. The predicted molar refractivity (Wildman–Crippen MR) is 27.2 cm³/mol. The van der Waals surface area contributed by atoms with Crippen LogP contribution in [0.5, 0.6) is 0 Å². The fourth-order valence-corrected chi connectivity index (χ4v) is 0.559. The first-order valence-electron chi connectivity index (χ1n) is 2.40. The van der Waals surface area contributed by atoms with Crippen LogP contribution in [0.15, 0.2) is 0 Å². The average Bonchev–Trinajstić information content (AvgIpc) is 1.65. The van der Waals surface area contributed by atoms with E-state index in [0.29, 0.717) is 0 Å². The summed E-state index contributed by atoms with van der Waals surface area (Å²) in [4.78, 5) is 0.